The van der Waals surface area contributed by atoms with Gasteiger partial charge in [-0.05, 0) is 18.2 Å². The van der Waals surface area contributed by atoms with Crippen LogP contribution in [0, 0.1) is 0 Å². The van der Waals surface area contributed by atoms with E-state index in [1.165, 1.54) is 12.1 Å². The number of nitrogens with one attached hydrogen (secondary N) is 1. The summed E-state index contributed by atoms with van der Waals surface area (Å²) in [5, 5.41) is 0.967. The molecule has 15 heavy (non-hydrogen) atoms. The highest BCUT2D eigenvalue weighted by atomic mass is 32.2. The number of aromatic amines is 1. The van der Waals surface area contributed by atoms with Crippen LogP contribution in [0.4, 0.5) is 0 Å². The molecule has 1 N–H and O–H groups in total. The summed E-state index contributed by atoms with van der Waals surface area (Å²) in [5.41, 5.74) is 0.839. The Kier molecular flexibility index (Phi) is 2.25. The Balaban J connectivity index is 1.92. The zero-order chi connectivity index (χ0) is 10.1. The second-order valence-corrected chi connectivity index (χ2v) is 4.67. The van der Waals surface area contributed by atoms with Gasteiger partial charge < -0.3 is 9.72 Å². The lowest BCUT2D eigenvalue weighted by atomic mass is 10.3. The molecule has 1 aliphatic rings. The number of hydrogen-bond acceptors (Lipinski definition) is 4. The Hall–Kier alpha value is -1.23. The Morgan fingerprint density at radius 1 is 1.47 bits per heavy atom. The zero-order valence-corrected chi connectivity index (χ0v) is 8.96. The second-order valence-electron chi connectivity index (χ2n) is 3.52. The SMILES string of the molecule is c1nc(OC2CCSC2)c2cc[nH]c2n1. The number of fused-ring (bicyclic) bond motifs is 1. The van der Waals surface area contributed by atoms with E-state index < -0.39 is 0 Å². The van der Waals surface area contributed by atoms with E-state index in [9.17, 15) is 0 Å². The van der Waals surface area contributed by atoms with E-state index in [0.717, 1.165) is 23.2 Å². The van der Waals surface area contributed by atoms with Crippen molar-refractivity contribution in [2.24, 2.45) is 0 Å². The zero-order valence-electron chi connectivity index (χ0n) is 8.14. The standard InChI is InChI=1S/C10H11N3OS/c1-3-11-9-8(1)10(13-6-12-9)14-7-2-4-15-5-7/h1,3,6-7H,2,4-5H2,(H,11,12,13). The van der Waals surface area contributed by atoms with Gasteiger partial charge in [0.05, 0.1) is 5.39 Å². The van der Waals surface area contributed by atoms with Gasteiger partial charge in [0.25, 0.3) is 0 Å². The molecule has 0 radical (unpaired) electrons. The Morgan fingerprint density at radius 3 is 3.33 bits per heavy atom. The lowest BCUT2D eigenvalue weighted by molar-refractivity contribution is 0.223. The number of aromatic nitrogens is 3. The van der Waals surface area contributed by atoms with Crippen molar-refractivity contribution < 1.29 is 4.74 Å². The van der Waals surface area contributed by atoms with Crippen LogP contribution in [0.1, 0.15) is 6.42 Å². The fraction of sp³-hybridized carbons (Fsp3) is 0.400. The number of rotatable bonds is 2. The van der Waals surface area contributed by atoms with Crippen molar-refractivity contribution in [1.82, 2.24) is 15.0 Å². The average Bonchev–Trinajstić information content (AvgIpc) is 2.87. The largest absolute Gasteiger partial charge is 0.473 e. The molecule has 0 bridgehead atoms. The van der Waals surface area contributed by atoms with Gasteiger partial charge in [-0.1, -0.05) is 0 Å². The van der Waals surface area contributed by atoms with Gasteiger partial charge in [-0.25, -0.2) is 9.97 Å². The highest BCUT2D eigenvalue weighted by molar-refractivity contribution is 7.99. The number of thioether (sulfide) groups is 1. The molecule has 0 saturated carbocycles. The maximum absolute atomic E-state index is 5.85. The topological polar surface area (TPSA) is 50.8 Å². The number of ether oxygens (including phenoxy) is 1. The fourth-order valence-electron chi connectivity index (χ4n) is 1.71. The van der Waals surface area contributed by atoms with E-state index >= 15 is 0 Å². The van der Waals surface area contributed by atoms with Crippen molar-refractivity contribution >= 4 is 22.8 Å². The van der Waals surface area contributed by atoms with Crippen LogP contribution >= 0.6 is 11.8 Å². The minimum atomic E-state index is 0.308. The van der Waals surface area contributed by atoms with Crippen molar-refractivity contribution in [1.29, 1.82) is 0 Å². The smallest absolute Gasteiger partial charge is 0.226 e. The normalized spacial score (nSPS) is 20.9. The van der Waals surface area contributed by atoms with Crippen molar-refractivity contribution in [3.8, 4) is 5.88 Å². The first kappa shape index (κ1) is 9.03. The molecular formula is C10H11N3OS. The summed E-state index contributed by atoms with van der Waals surface area (Å²) in [5.74, 6) is 2.95. The van der Waals surface area contributed by atoms with Crippen molar-refractivity contribution in [3.63, 3.8) is 0 Å². The molecule has 1 fully saturated rings. The summed E-state index contributed by atoms with van der Waals surface area (Å²) < 4.78 is 5.85. The van der Waals surface area contributed by atoms with Crippen LogP contribution in [0.3, 0.4) is 0 Å². The van der Waals surface area contributed by atoms with Gasteiger partial charge in [-0.2, -0.15) is 11.8 Å². The molecule has 0 spiro atoms. The molecule has 4 nitrogen and oxygen atoms in total. The Morgan fingerprint density at radius 2 is 2.47 bits per heavy atom. The molecule has 3 heterocycles. The summed E-state index contributed by atoms with van der Waals surface area (Å²) in [6, 6.07) is 1.95. The summed E-state index contributed by atoms with van der Waals surface area (Å²) in [7, 11) is 0. The molecule has 5 heteroatoms. The third-order valence-electron chi connectivity index (χ3n) is 2.48. The molecule has 1 saturated heterocycles. The molecule has 1 atom stereocenters. The molecule has 2 aromatic heterocycles. The first-order chi connectivity index (χ1) is 7.43. The van der Waals surface area contributed by atoms with Crippen molar-refractivity contribution in [3.05, 3.63) is 18.6 Å². The van der Waals surface area contributed by atoms with Crippen LogP contribution in [0.2, 0.25) is 0 Å². The molecule has 0 amide bonds. The Labute approximate surface area is 91.5 Å². The fourth-order valence-corrected chi connectivity index (χ4v) is 2.80. The molecule has 0 aromatic carbocycles. The van der Waals surface area contributed by atoms with E-state index in [0.29, 0.717) is 12.0 Å². The lowest BCUT2D eigenvalue weighted by Gasteiger charge is -2.11. The van der Waals surface area contributed by atoms with Gasteiger partial charge in [-0.15, -0.1) is 0 Å². The minimum absolute atomic E-state index is 0.308. The summed E-state index contributed by atoms with van der Waals surface area (Å²) >= 11 is 1.93. The van der Waals surface area contributed by atoms with E-state index in [2.05, 4.69) is 15.0 Å². The van der Waals surface area contributed by atoms with Crippen LogP contribution in [0.5, 0.6) is 5.88 Å². The van der Waals surface area contributed by atoms with E-state index in [4.69, 9.17) is 4.74 Å². The quantitative estimate of drug-likeness (QED) is 0.840. The maximum atomic E-state index is 5.85. The summed E-state index contributed by atoms with van der Waals surface area (Å²) in [6.45, 7) is 0. The van der Waals surface area contributed by atoms with E-state index in [-0.39, 0.29) is 0 Å². The molecule has 1 unspecified atom stereocenters. The monoisotopic (exact) mass is 221 g/mol. The molecule has 2 aromatic rings. The van der Waals surface area contributed by atoms with Crippen LogP contribution in [0.25, 0.3) is 11.0 Å². The van der Waals surface area contributed by atoms with E-state index in [1.807, 2.05) is 24.0 Å². The first-order valence-electron chi connectivity index (χ1n) is 4.96. The number of nitrogens with zero attached hydrogens (tertiary/aromatic N) is 2. The second kappa shape index (κ2) is 3.73. The molecule has 1 aliphatic heterocycles. The maximum Gasteiger partial charge on any atom is 0.226 e. The van der Waals surface area contributed by atoms with Crippen molar-refractivity contribution in [2.45, 2.75) is 12.5 Å². The Bertz CT molecular complexity index is 464. The predicted octanol–water partition coefficient (Wildman–Crippen LogP) is 1.84. The van der Waals surface area contributed by atoms with Gasteiger partial charge in [0.1, 0.15) is 18.1 Å². The minimum Gasteiger partial charge on any atom is -0.473 e. The van der Waals surface area contributed by atoms with Crippen LogP contribution in [-0.4, -0.2) is 32.6 Å². The van der Waals surface area contributed by atoms with Gasteiger partial charge >= 0.3 is 0 Å². The van der Waals surface area contributed by atoms with E-state index in [1.54, 1.807) is 0 Å². The number of hydrogen-bond donors (Lipinski definition) is 1. The molecular weight excluding hydrogens is 210 g/mol. The average molecular weight is 221 g/mol. The van der Waals surface area contributed by atoms with Gasteiger partial charge in [0.15, 0.2) is 0 Å². The summed E-state index contributed by atoms with van der Waals surface area (Å²) in [4.78, 5) is 11.4. The predicted molar refractivity (Wildman–Crippen MR) is 60.2 cm³/mol. The first-order valence-corrected chi connectivity index (χ1v) is 6.11. The highest BCUT2D eigenvalue weighted by Crippen LogP contribution is 2.25. The van der Waals surface area contributed by atoms with Crippen LogP contribution in [0.15, 0.2) is 18.6 Å². The third kappa shape index (κ3) is 1.67. The molecule has 3 rings (SSSR count). The molecule has 78 valence electrons. The van der Waals surface area contributed by atoms with Crippen molar-refractivity contribution in [2.75, 3.05) is 11.5 Å². The van der Waals surface area contributed by atoms with Crippen LogP contribution in [-0.2, 0) is 0 Å². The van der Waals surface area contributed by atoms with Gasteiger partial charge in [-0.3, -0.25) is 0 Å². The molecule has 0 aliphatic carbocycles. The third-order valence-corrected chi connectivity index (χ3v) is 3.62. The summed E-state index contributed by atoms with van der Waals surface area (Å²) in [6.07, 6.45) is 4.81. The highest BCUT2D eigenvalue weighted by Gasteiger charge is 2.18. The van der Waals surface area contributed by atoms with Crippen LogP contribution < -0.4 is 4.74 Å². The lowest BCUT2D eigenvalue weighted by Crippen LogP contribution is -2.15. The van der Waals surface area contributed by atoms with Gasteiger partial charge in [0.2, 0.25) is 5.88 Å². The van der Waals surface area contributed by atoms with Gasteiger partial charge in [0, 0.05) is 11.9 Å². The number of H-pyrrole nitrogens is 1.